The van der Waals surface area contributed by atoms with Crippen molar-refractivity contribution < 1.29 is 9.90 Å². The van der Waals surface area contributed by atoms with Crippen molar-refractivity contribution >= 4 is 11.7 Å². The second-order valence-electron chi connectivity index (χ2n) is 6.51. The first-order chi connectivity index (χ1) is 11.7. The number of rotatable bonds is 9. The molecule has 0 spiro atoms. The van der Waals surface area contributed by atoms with Gasteiger partial charge in [-0.25, -0.2) is 4.79 Å². The lowest BCUT2D eigenvalue weighted by Gasteiger charge is -2.22. The predicted octanol–water partition coefficient (Wildman–Crippen LogP) is 3.00. The minimum absolute atomic E-state index is 0.132. The van der Waals surface area contributed by atoms with Gasteiger partial charge in [-0.3, -0.25) is 4.90 Å². The van der Waals surface area contributed by atoms with Crippen molar-refractivity contribution in [2.45, 2.75) is 51.5 Å². The highest BCUT2D eigenvalue weighted by molar-refractivity contribution is 5.90. The molecule has 0 radical (unpaired) electrons. The van der Waals surface area contributed by atoms with Gasteiger partial charge in [0.15, 0.2) is 0 Å². The maximum atomic E-state index is 12.0. The Balaban J connectivity index is 1.63. The Labute approximate surface area is 145 Å². The quantitative estimate of drug-likeness (QED) is 0.609. The minimum Gasteiger partial charge on any atom is -0.395 e. The molecule has 134 valence electrons. The number of carbonyl (C=O) groups excluding carboxylic acids is 1. The van der Waals surface area contributed by atoms with Crippen LogP contribution in [0, 0.1) is 0 Å². The van der Waals surface area contributed by atoms with Crippen LogP contribution in [0.4, 0.5) is 10.5 Å². The number of aryl methyl sites for hydroxylation is 1. The first-order valence-electron chi connectivity index (χ1n) is 9.22. The fraction of sp³-hybridized carbons (Fsp3) is 0.632. The number of unbranched alkanes of at least 4 members (excludes halogenated alkanes) is 1. The molecule has 1 heterocycles. The second-order valence-corrected chi connectivity index (χ2v) is 6.51. The van der Waals surface area contributed by atoms with E-state index in [9.17, 15) is 9.90 Å². The summed E-state index contributed by atoms with van der Waals surface area (Å²) in [6, 6.07) is 8.18. The van der Waals surface area contributed by atoms with Gasteiger partial charge in [-0.15, -0.1) is 0 Å². The third-order valence-corrected chi connectivity index (χ3v) is 4.65. The highest BCUT2D eigenvalue weighted by Crippen LogP contribution is 2.17. The van der Waals surface area contributed by atoms with Gasteiger partial charge in [0.25, 0.3) is 0 Å². The molecule has 0 bridgehead atoms. The summed E-state index contributed by atoms with van der Waals surface area (Å²) in [7, 11) is 0. The van der Waals surface area contributed by atoms with E-state index in [2.05, 4.69) is 28.5 Å². The number of benzene rings is 1. The zero-order chi connectivity index (χ0) is 17.2. The number of urea groups is 1. The topological polar surface area (TPSA) is 64.6 Å². The van der Waals surface area contributed by atoms with Gasteiger partial charge in [-0.2, -0.15) is 0 Å². The van der Waals surface area contributed by atoms with Crippen molar-refractivity contribution in [3.63, 3.8) is 0 Å². The first kappa shape index (κ1) is 18.7. The molecule has 24 heavy (non-hydrogen) atoms. The number of aliphatic hydroxyl groups is 1. The number of nitrogens with one attached hydrogen (secondary N) is 2. The molecule has 1 unspecified atom stereocenters. The van der Waals surface area contributed by atoms with Crippen molar-refractivity contribution in [2.75, 3.05) is 31.6 Å². The number of hydrogen-bond acceptors (Lipinski definition) is 3. The molecule has 0 aromatic heterocycles. The van der Waals surface area contributed by atoms with E-state index in [0.29, 0.717) is 12.6 Å². The summed E-state index contributed by atoms with van der Waals surface area (Å²) in [5, 5.41) is 15.2. The minimum atomic E-state index is -0.132. The van der Waals surface area contributed by atoms with Crippen LogP contribution in [0.1, 0.15) is 44.6 Å². The largest absolute Gasteiger partial charge is 0.395 e. The lowest BCUT2D eigenvalue weighted by molar-refractivity contribution is 0.157. The van der Waals surface area contributed by atoms with Crippen LogP contribution in [0.25, 0.3) is 0 Å². The summed E-state index contributed by atoms with van der Waals surface area (Å²) >= 11 is 0. The summed E-state index contributed by atoms with van der Waals surface area (Å²) in [4.78, 5) is 14.4. The molecule has 5 heteroatoms. The molecule has 1 aromatic rings. The van der Waals surface area contributed by atoms with Gasteiger partial charge < -0.3 is 15.7 Å². The number of hydrogen-bond donors (Lipinski definition) is 3. The van der Waals surface area contributed by atoms with Crippen molar-refractivity contribution in [1.29, 1.82) is 0 Å². The van der Waals surface area contributed by atoms with E-state index in [4.69, 9.17) is 0 Å². The van der Waals surface area contributed by atoms with Gasteiger partial charge in [-0.05, 0) is 56.8 Å². The lowest BCUT2D eigenvalue weighted by Crippen LogP contribution is -2.34. The van der Waals surface area contributed by atoms with Crippen LogP contribution in [0.5, 0.6) is 0 Å². The van der Waals surface area contributed by atoms with Gasteiger partial charge in [-0.1, -0.05) is 31.5 Å². The smallest absolute Gasteiger partial charge is 0.319 e. The molecule has 5 nitrogen and oxygen atoms in total. The highest BCUT2D eigenvalue weighted by Gasteiger charge is 2.22. The Morgan fingerprint density at radius 2 is 2.17 bits per heavy atom. The molecule has 1 saturated heterocycles. The lowest BCUT2D eigenvalue weighted by atomic mass is 10.1. The number of para-hydroxylation sites is 1. The third kappa shape index (κ3) is 5.80. The normalized spacial score (nSPS) is 17.8. The van der Waals surface area contributed by atoms with Crippen LogP contribution in [0.3, 0.4) is 0 Å². The second kappa shape index (κ2) is 10.3. The number of aliphatic hydroxyl groups excluding tert-OH is 1. The number of nitrogens with zero attached hydrogens (tertiary/aromatic N) is 1. The van der Waals surface area contributed by atoms with Gasteiger partial charge in [0.2, 0.25) is 0 Å². The Kier molecular flexibility index (Phi) is 8.05. The summed E-state index contributed by atoms with van der Waals surface area (Å²) in [5.41, 5.74) is 2.08. The van der Waals surface area contributed by atoms with E-state index in [1.807, 2.05) is 18.2 Å². The zero-order valence-corrected chi connectivity index (χ0v) is 14.8. The molecule has 1 atom stereocenters. The summed E-state index contributed by atoms with van der Waals surface area (Å²) in [6.07, 6.45) is 6.32. The van der Waals surface area contributed by atoms with E-state index < -0.39 is 0 Å². The van der Waals surface area contributed by atoms with Gasteiger partial charge in [0.05, 0.1) is 6.61 Å². The molecular weight excluding hydrogens is 302 g/mol. The van der Waals surface area contributed by atoms with E-state index in [1.165, 1.54) is 12.0 Å². The van der Waals surface area contributed by atoms with Crippen LogP contribution in [0.15, 0.2) is 24.3 Å². The molecule has 1 aliphatic rings. The maximum Gasteiger partial charge on any atom is 0.319 e. The van der Waals surface area contributed by atoms with Crippen LogP contribution >= 0.6 is 0 Å². The molecule has 3 N–H and O–H groups in total. The molecule has 2 amide bonds. The average molecular weight is 333 g/mol. The summed E-state index contributed by atoms with van der Waals surface area (Å²) in [5.74, 6) is 0. The van der Waals surface area contributed by atoms with Crippen molar-refractivity contribution in [3.05, 3.63) is 29.8 Å². The van der Waals surface area contributed by atoms with E-state index >= 15 is 0 Å². The van der Waals surface area contributed by atoms with Gasteiger partial charge in [0.1, 0.15) is 0 Å². The Morgan fingerprint density at radius 3 is 2.96 bits per heavy atom. The third-order valence-electron chi connectivity index (χ3n) is 4.65. The fourth-order valence-electron chi connectivity index (χ4n) is 3.33. The SMILES string of the molecule is CCCc1ccccc1NC(=O)NCCCCN1CCCC1CO. The zero-order valence-electron chi connectivity index (χ0n) is 14.8. The highest BCUT2D eigenvalue weighted by atomic mass is 16.3. The molecule has 0 saturated carbocycles. The molecular formula is C19H31N3O2. The van der Waals surface area contributed by atoms with E-state index in [-0.39, 0.29) is 12.6 Å². The van der Waals surface area contributed by atoms with Crippen LogP contribution in [-0.4, -0.2) is 48.3 Å². The number of carbonyl (C=O) groups is 1. The number of anilines is 1. The van der Waals surface area contributed by atoms with Crippen LogP contribution < -0.4 is 10.6 Å². The van der Waals surface area contributed by atoms with Crippen LogP contribution in [-0.2, 0) is 6.42 Å². The van der Waals surface area contributed by atoms with Crippen LogP contribution in [0.2, 0.25) is 0 Å². The number of likely N-dealkylation sites (tertiary alicyclic amines) is 1. The Hall–Kier alpha value is -1.59. The van der Waals surface area contributed by atoms with E-state index in [1.54, 1.807) is 0 Å². The molecule has 2 rings (SSSR count). The standard InChI is InChI=1S/C19H31N3O2/c1-2-8-16-9-3-4-11-18(16)21-19(24)20-12-5-6-13-22-14-7-10-17(22)15-23/h3-4,9,11,17,23H,2,5-8,10,12-15H2,1H3,(H2,20,21,24). The molecule has 1 fully saturated rings. The van der Waals surface area contributed by atoms with Crippen molar-refractivity contribution in [3.8, 4) is 0 Å². The van der Waals surface area contributed by atoms with Gasteiger partial charge in [0, 0.05) is 18.3 Å². The first-order valence-corrected chi connectivity index (χ1v) is 9.22. The summed E-state index contributed by atoms with van der Waals surface area (Å²) < 4.78 is 0. The molecule has 0 aliphatic carbocycles. The Bertz CT molecular complexity index is 507. The summed E-state index contributed by atoms with van der Waals surface area (Å²) in [6.45, 7) is 5.18. The Morgan fingerprint density at radius 1 is 1.33 bits per heavy atom. The number of amides is 2. The average Bonchev–Trinajstić information content (AvgIpc) is 3.04. The maximum absolute atomic E-state index is 12.0. The van der Waals surface area contributed by atoms with E-state index in [0.717, 1.165) is 50.9 Å². The van der Waals surface area contributed by atoms with Gasteiger partial charge >= 0.3 is 6.03 Å². The molecule has 1 aromatic carbocycles. The molecule has 1 aliphatic heterocycles. The predicted molar refractivity (Wildman–Crippen MR) is 98.4 cm³/mol. The monoisotopic (exact) mass is 333 g/mol. The fourth-order valence-corrected chi connectivity index (χ4v) is 3.33. The van der Waals surface area contributed by atoms with Crippen molar-refractivity contribution in [2.24, 2.45) is 0 Å². The van der Waals surface area contributed by atoms with Crippen molar-refractivity contribution in [1.82, 2.24) is 10.2 Å².